The maximum atomic E-state index is 5.41. The van der Waals surface area contributed by atoms with Gasteiger partial charge in [-0.15, -0.1) is 0 Å². The van der Waals surface area contributed by atoms with Crippen LogP contribution in [0.15, 0.2) is 0 Å². The van der Waals surface area contributed by atoms with Gasteiger partial charge in [0.2, 0.25) is 0 Å². The predicted octanol–water partition coefficient (Wildman–Crippen LogP) is 3.32. The molecule has 1 aliphatic carbocycles. The van der Waals surface area contributed by atoms with Crippen molar-refractivity contribution in [2.75, 3.05) is 32.8 Å². The molecule has 2 nitrogen and oxygen atoms in total. The summed E-state index contributed by atoms with van der Waals surface area (Å²) in [7, 11) is 0. The van der Waals surface area contributed by atoms with Gasteiger partial charge < -0.3 is 9.64 Å². The van der Waals surface area contributed by atoms with E-state index in [-0.39, 0.29) is 0 Å². The Morgan fingerprint density at radius 1 is 1.18 bits per heavy atom. The van der Waals surface area contributed by atoms with Crippen LogP contribution in [0.3, 0.4) is 0 Å². The predicted molar refractivity (Wildman–Crippen MR) is 72.2 cm³/mol. The second-order valence-corrected chi connectivity index (χ2v) is 6.05. The van der Waals surface area contributed by atoms with E-state index in [9.17, 15) is 0 Å². The first kappa shape index (κ1) is 13.4. The average Bonchev–Trinajstić information content (AvgIpc) is 2.33. The van der Waals surface area contributed by atoms with E-state index >= 15 is 0 Å². The first-order chi connectivity index (χ1) is 8.28. The summed E-state index contributed by atoms with van der Waals surface area (Å²) in [6.45, 7) is 10.2. The van der Waals surface area contributed by atoms with Crippen molar-refractivity contribution in [3.63, 3.8) is 0 Å². The molecule has 0 aromatic rings. The van der Waals surface area contributed by atoms with E-state index in [0.29, 0.717) is 0 Å². The molecule has 0 bridgehead atoms. The van der Waals surface area contributed by atoms with Gasteiger partial charge in [0.05, 0.1) is 0 Å². The molecule has 17 heavy (non-hydrogen) atoms. The molecule has 1 spiro atoms. The largest absolute Gasteiger partial charge is 0.382 e. The zero-order valence-corrected chi connectivity index (χ0v) is 11.7. The van der Waals surface area contributed by atoms with Crippen molar-refractivity contribution in [2.45, 2.75) is 52.4 Å². The molecule has 1 saturated carbocycles. The minimum Gasteiger partial charge on any atom is -0.382 e. The summed E-state index contributed by atoms with van der Waals surface area (Å²) in [5, 5.41) is 0. The quantitative estimate of drug-likeness (QED) is 0.659. The van der Waals surface area contributed by atoms with Gasteiger partial charge in [0, 0.05) is 13.2 Å². The molecule has 0 unspecified atom stereocenters. The highest BCUT2D eigenvalue weighted by atomic mass is 16.5. The summed E-state index contributed by atoms with van der Waals surface area (Å²) in [4.78, 5) is 2.60. The monoisotopic (exact) mass is 239 g/mol. The standard InChI is InChI=1S/C15H29NO/c1-3-16-9-7-15(8-10-16)12-14(13-15)6-5-11-17-4-2/h14H,3-13H2,1-2H3. The van der Waals surface area contributed by atoms with Gasteiger partial charge in [-0.05, 0) is 76.4 Å². The fourth-order valence-corrected chi connectivity index (χ4v) is 3.74. The summed E-state index contributed by atoms with van der Waals surface area (Å²) in [6.07, 6.45) is 8.62. The van der Waals surface area contributed by atoms with Crippen LogP contribution in [0.5, 0.6) is 0 Å². The molecule has 100 valence electrons. The summed E-state index contributed by atoms with van der Waals surface area (Å²) >= 11 is 0. The average molecular weight is 239 g/mol. The van der Waals surface area contributed by atoms with Gasteiger partial charge in [-0.3, -0.25) is 0 Å². The van der Waals surface area contributed by atoms with Crippen molar-refractivity contribution in [1.29, 1.82) is 0 Å². The maximum absolute atomic E-state index is 5.41. The van der Waals surface area contributed by atoms with Crippen molar-refractivity contribution < 1.29 is 4.74 Å². The smallest absolute Gasteiger partial charge is 0.0465 e. The van der Waals surface area contributed by atoms with Gasteiger partial charge in [0.25, 0.3) is 0 Å². The summed E-state index contributed by atoms with van der Waals surface area (Å²) in [5.41, 5.74) is 0.766. The van der Waals surface area contributed by atoms with Crippen molar-refractivity contribution in [1.82, 2.24) is 4.90 Å². The first-order valence-corrected chi connectivity index (χ1v) is 7.58. The first-order valence-electron chi connectivity index (χ1n) is 7.58. The minimum atomic E-state index is 0.766. The molecule has 0 N–H and O–H groups in total. The van der Waals surface area contributed by atoms with Crippen LogP contribution in [0.25, 0.3) is 0 Å². The molecule has 2 aliphatic rings. The van der Waals surface area contributed by atoms with E-state index in [2.05, 4.69) is 18.7 Å². The van der Waals surface area contributed by atoms with Crippen molar-refractivity contribution in [2.24, 2.45) is 11.3 Å². The second-order valence-electron chi connectivity index (χ2n) is 6.05. The molecule has 1 aliphatic heterocycles. The topological polar surface area (TPSA) is 12.5 Å². The molecule has 0 aromatic heterocycles. The van der Waals surface area contributed by atoms with Gasteiger partial charge >= 0.3 is 0 Å². The minimum absolute atomic E-state index is 0.766. The molecule has 2 rings (SSSR count). The molecule has 0 radical (unpaired) electrons. The Bertz CT molecular complexity index is 213. The van der Waals surface area contributed by atoms with Crippen LogP contribution in [-0.2, 0) is 4.74 Å². The van der Waals surface area contributed by atoms with E-state index in [1.165, 1.54) is 58.2 Å². The zero-order chi connectivity index (χ0) is 12.1. The maximum Gasteiger partial charge on any atom is 0.0465 e. The lowest BCUT2D eigenvalue weighted by atomic mass is 9.56. The van der Waals surface area contributed by atoms with Crippen LogP contribution < -0.4 is 0 Å². The Hall–Kier alpha value is -0.0800. The molecular formula is C15H29NO. The van der Waals surface area contributed by atoms with Crippen LogP contribution in [-0.4, -0.2) is 37.7 Å². The lowest BCUT2D eigenvalue weighted by molar-refractivity contribution is -0.0180. The fraction of sp³-hybridized carbons (Fsp3) is 1.00. The number of hydrogen-bond donors (Lipinski definition) is 0. The number of nitrogens with zero attached hydrogens (tertiary/aromatic N) is 1. The van der Waals surface area contributed by atoms with Crippen LogP contribution in [0.4, 0.5) is 0 Å². The molecule has 0 atom stereocenters. The van der Waals surface area contributed by atoms with Crippen LogP contribution in [0, 0.1) is 11.3 Å². The van der Waals surface area contributed by atoms with Gasteiger partial charge in [-0.2, -0.15) is 0 Å². The van der Waals surface area contributed by atoms with Gasteiger partial charge in [0.1, 0.15) is 0 Å². The van der Waals surface area contributed by atoms with Crippen LogP contribution in [0.2, 0.25) is 0 Å². The fourth-order valence-electron chi connectivity index (χ4n) is 3.74. The van der Waals surface area contributed by atoms with Gasteiger partial charge in [-0.25, -0.2) is 0 Å². The Balaban J connectivity index is 1.58. The molecule has 0 amide bonds. The zero-order valence-electron chi connectivity index (χ0n) is 11.7. The number of hydrogen-bond acceptors (Lipinski definition) is 2. The van der Waals surface area contributed by atoms with E-state index in [1.807, 2.05) is 0 Å². The van der Waals surface area contributed by atoms with Crippen molar-refractivity contribution in [3.8, 4) is 0 Å². The third-order valence-corrected chi connectivity index (χ3v) is 4.91. The normalized spacial score (nSPS) is 25.1. The number of ether oxygens (including phenoxy) is 1. The van der Waals surface area contributed by atoms with Crippen molar-refractivity contribution >= 4 is 0 Å². The summed E-state index contributed by atoms with van der Waals surface area (Å²) in [5.74, 6) is 1.02. The second kappa shape index (κ2) is 6.19. The van der Waals surface area contributed by atoms with E-state index in [1.54, 1.807) is 0 Å². The molecule has 2 fully saturated rings. The highest BCUT2D eigenvalue weighted by Gasteiger charge is 2.44. The highest BCUT2D eigenvalue weighted by Crippen LogP contribution is 2.53. The number of likely N-dealkylation sites (tertiary alicyclic amines) is 1. The molecule has 0 aromatic carbocycles. The third kappa shape index (κ3) is 3.45. The summed E-state index contributed by atoms with van der Waals surface area (Å²) in [6, 6.07) is 0. The van der Waals surface area contributed by atoms with E-state index < -0.39 is 0 Å². The summed E-state index contributed by atoms with van der Waals surface area (Å²) < 4.78 is 5.41. The van der Waals surface area contributed by atoms with Crippen molar-refractivity contribution in [3.05, 3.63) is 0 Å². The van der Waals surface area contributed by atoms with Gasteiger partial charge in [-0.1, -0.05) is 6.92 Å². The Labute approximate surface area is 107 Å². The number of piperidine rings is 1. The molecule has 1 heterocycles. The lowest BCUT2D eigenvalue weighted by Gasteiger charge is -2.52. The van der Waals surface area contributed by atoms with Crippen LogP contribution >= 0.6 is 0 Å². The molecule has 1 saturated heterocycles. The Morgan fingerprint density at radius 2 is 1.88 bits per heavy atom. The SMILES string of the molecule is CCOCCCC1CC2(CCN(CC)CC2)C1. The van der Waals surface area contributed by atoms with E-state index in [0.717, 1.165) is 24.5 Å². The van der Waals surface area contributed by atoms with E-state index in [4.69, 9.17) is 4.74 Å². The highest BCUT2D eigenvalue weighted by molar-refractivity contribution is 4.96. The van der Waals surface area contributed by atoms with Crippen LogP contribution in [0.1, 0.15) is 52.4 Å². The third-order valence-electron chi connectivity index (χ3n) is 4.91. The molecular weight excluding hydrogens is 210 g/mol. The molecule has 2 heteroatoms. The number of rotatable bonds is 6. The Morgan fingerprint density at radius 3 is 2.47 bits per heavy atom. The Kier molecular flexibility index (Phi) is 4.87. The van der Waals surface area contributed by atoms with Gasteiger partial charge in [0.15, 0.2) is 0 Å². The lowest BCUT2D eigenvalue weighted by Crippen LogP contribution is -2.47.